The zero-order valence-corrected chi connectivity index (χ0v) is 12.5. The Morgan fingerprint density at radius 1 is 1.48 bits per heavy atom. The maximum absolute atomic E-state index is 12.5. The van der Waals surface area contributed by atoms with Crippen LogP contribution in [0.5, 0.6) is 0 Å². The number of carbonyl (C=O) groups is 1. The van der Waals surface area contributed by atoms with Crippen molar-refractivity contribution in [3.8, 4) is 0 Å². The van der Waals surface area contributed by atoms with Crippen LogP contribution in [0.2, 0.25) is 0 Å². The lowest BCUT2D eigenvalue weighted by Gasteiger charge is -2.15. The van der Waals surface area contributed by atoms with Gasteiger partial charge in [-0.1, -0.05) is 0 Å². The van der Waals surface area contributed by atoms with Gasteiger partial charge in [-0.25, -0.2) is 0 Å². The van der Waals surface area contributed by atoms with E-state index in [1.807, 2.05) is 20.8 Å². The molecule has 2 rings (SSSR count). The Labute approximate surface area is 122 Å². The first-order valence-electron chi connectivity index (χ1n) is 7.02. The molecule has 0 amide bonds. The Bertz CT molecular complexity index is 715. The molecule has 0 saturated heterocycles. The standard InChI is InChI=1S/C14H20N4O3/c1-4-18-13(21)10-5-7-17(8-6-11(19)20)12(10)16-14(18)15-9(2)3/h5,7,9H,4,6,8H2,1-3H3,(H,15,16)(H,19,20). The molecule has 7 heteroatoms. The van der Waals surface area contributed by atoms with E-state index in [2.05, 4.69) is 10.3 Å². The van der Waals surface area contributed by atoms with Crippen molar-refractivity contribution < 1.29 is 9.90 Å². The summed E-state index contributed by atoms with van der Waals surface area (Å²) in [6.45, 7) is 6.65. The molecule has 114 valence electrons. The number of hydrogen-bond acceptors (Lipinski definition) is 4. The van der Waals surface area contributed by atoms with Crippen LogP contribution in [0.4, 0.5) is 5.95 Å². The second kappa shape index (κ2) is 5.99. The van der Waals surface area contributed by atoms with E-state index in [-0.39, 0.29) is 18.0 Å². The topological polar surface area (TPSA) is 89.2 Å². The van der Waals surface area contributed by atoms with Gasteiger partial charge in [0.2, 0.25) is 5.95 Å². The average Bonchev–Trinajstić information content (AvgIpc) is 2.79. The lowest BCUT2D eigenvalue weighted by Crippen LogP contribution is -2.26. The third-order valence-electron chi connectivity index (χ3n) is 3.18. The zero-order valence-electron chi connectivity index (χ0n) is 12.5. The van der Waals surface area contributed by atoms with Crippen molar-refractivity contribution in [1.29, 1.82) is 0 Å². The van der Waals surface area contributed by atoms with E-state index in [0.717, 1.165) is 0 Å². The highest BCUT2D eigenvalue weighted by atomic mass is 16.4. The molecule has 2 N–H and O–H groups in total. The van der Waals surface area contributed by atoms with Crippen LogP contribution in [0.15, 0.2) is 17.1 Å². The molecule has 0 aliphatic heterocycles. The van der Waals surface area contributed by atoms with E-state index >= 15 is 0 Å². The van der Waals surface area contributed by atoms with E-state index in [4.69, 9.17) is 5.11 Å². The van der Waals surface area contributed by atoms with Crippen LogP contribution >= 0.6 is 0 Å². The molecule has 0 aliphatic rings. The van der Waals surface area contributed by atoms with E-state index in [1.54, 1.807) is 21.4 Å². The van der Waals surface area contributed by atoms with Gasteiger partial charge in [0.1, 0.15) is 5.65 Å². The van der Waals surface area contributed by atoms with E-state index in [1.165, 1.54) is 0 Å². The van der Waals surface area contributed by atoms with Gasteiger partial charge >= 0.3 is 5.97 Å². The number of carboxylic acids is 1. The summed E-state index contributed by atoms with van der Waals surface area (Å²) in [5.74, 6) is -0.362. The summed E-state index contributed by atoms with van der Waals surface area (Å²) >= 11 is 0. The smallest absolute Gasteiger partial charge is 0.305 e. The number of hydrogen-bond donors (Lipinski definition) is 2. The number of aryl methyl sites for hydroxylation is 1. The minimum Gasteiger partial charge on any atom is -0.481 e. The van der Waals surface area contributed by atoms with Crippen molar-refractivity contribution in [2.75, 3.05) is 5.32 Å². The highest BCUT2D eigenvalue weighted by Gasteiger charge is 2.14. The fourth-order valence-corrected chi connectivity index (χ4v) is 2.22. The molecule has 0 unspecified atom stereocenters. The second-order valence-corrected chi connectivity index (χ2v) is 5.17. The van der Waals surface area contributed by atoms with Gasteiger partial charge in [0.15, 0.2) is 0 Å². The summed E-state index contributed by atoms with van der Waals surface area (Å²) in [5.41, 5.74) is 0.411. The molecule has 7 nitrogen and oxygen atoms in total. The molecule has 0 bridgehead atoms. The predicted molar refractivity (Wildman–Crippen MR) is 80.7 cm³/mol. The summed E-state index contributed by atoms with van der Waals surface area (Å²) in [6.07, 6.45) is 1.70. The number of fused-ring (bicyclic) bond motifs is 1. The summed E-state index contributed by atoms with van der Waals surface area (Å²) in [4.78, 5) is 27.7. The Morgan fingerprint density at radius 2 is 2.19 bits per heavy atom. The maximum atomic E-state index is 12.5. The molecular formula is C14H20N4O3. The first-order chi connectivity index (χ1) is 9.93. The van der Waals surface area contributed by atoms with Crippen LogP contribution in [0.3, 0.4) is 0 Å². The molecule has 2 heterocycles. The zero-order chi connectivity index (χ0) is 15.6. The lowest BCUT2D eigenvalue weighted by atomic mass is 10.3. The van der Waals surface area contributed by atoms with Crippen LogP contribution < -0.4 is 10.9 Å². The van der Waals surface area contributed by atoms with Gasteiger partial charge in [-0.05, 0) is 26.8 Å². The SMILES string of the molecule is CCn1c(NC(C)C)nc2c(ccn2CCC(=O)O)c1=O. The molecule has 0 radical (unpaired) electrons. The van der Waals surface area contributed by atoms with Crippen LogP contribution in [0.25, 0.3) is 11.0 Å². The number of nitrogens with one attached hydrogen (secondary N) is 1. The van der Waals surface area contributed by atoms with Crippen molar-refractivity contribution in [1.82, 2.24) is 14.1 Å². The monoisotopic (exact) mass is 292 g/mol. The van der Waals surface area contributed by atoms with Crippen LogP contribution in [0.1, 0.15) is 27.2 Å². The molecule has 0 spiro atoms. The summed E-state index contributed by atoms with van der Waals surface area (Å²) < 4.78 is 3.29. The number of aliphatic carboxylic acids is 1. The molecule has 0 aromatic carbocycles. The maximum Gasteiger partial charge on any atom is 0.305 e. The molecule has 0 saturated carbocycles. The van der Waals surface area contributed by atoms with Gasteiger partial charge in [-0.3, -0.25) is 14.2 Å². The van der Waals surface area contributed by atoms with Crippen LogP contribution in [-0.4, -0.2) is 31.2 Å². The van der Waals surface area contributed by atoms with Crippen molar-refractivity contribution in [2.24, 2.45) is 0 Å². The normalized spacial score (nSPS) is 11.2. The average molecular weight is 292 g/mol. The third kappa shape index (κ3) is 3.07. The van der Waals surface area contributed by atoms with E-state index in [0.29, 0.717) is 30.1 Å². The van der Waals surface area contributed by atoms with Gasteiger partial charge in [0.05, 0.1) is 11.8 Å². The molecule has 21 heavy (non-hydrogen) atoms. The Morgan fingerprint density at radius 3 is 2.76 bits per heavy atom. The van der Waals surface area contributed by atoms with E-state index in [9.17, 15) is 9.59 Å². The lowest BCUT2D eigenvalue weighted by molar-refractivity contribution is -0.137. The van der Waals surface area contributed by atoms with Crippen molar-refractivity contribution >= 4 is 23.0 Å². The molecule has 2 aromatic heterocycles. The number of nitrogens with zero attached hydrogens (tertiary/aromatic N) is 3. The number of anilines is 1. The summed E-state index contributed by atoms with van der Waals surface area (Å²) in [5, 5.41) is 12.5. The first kappa shape index (κ1) is 15.1. The van der Waals surface area contributed by atoms with Crippen molar-refractivity contribution in [3.63, 3.8) is 0 Å². The molecule has 2 aromatic rings. The molecular weight excluding hydrogens is 272 g/mol. The van der Waals surface area contributed by atoms with Gasteiger partial charge in [-0.15, -0.1) is 0 Å². The molecule has 0 aliphatic carbocycles. The van der Waals surface area contributed by atoms with Crippen molar-refractivity contribution in [3.05, 3.63) is 22.6 Å². The van der Waals surface area contributed by atoms with Crippen LogP contribution in [0, 0.1) is 0 Å². The number of carboxylic acid groups (broad SMARTS) is 1. The number of aromatic nitrogens is 3. The van der Waals surface area contributed by atoms with Crippen molar-refractivity contribution in [2.45, 2.75) is 46.3 Å². The first-order valence-corrected chi connectivity index (χ1v) is 7.02. The Balaban J connectivity index is 2.54. The fraction of sp³-hybridized carbons (Fsp3) is 0.500. The largest absolute Gasteiger partial charge is 0.481 e. The third-order valence-corrected chi connectivity index (χ3v) is 3.18. The summed E-state index contributed by atoms with van der Waals surface area (Å²) in [6, 6.07) is 1.84. The van der Waals surface area contributed by atoms with Crippen LogP contribution in [-0.2, 0) is 17.9 Å². The van der Waals surface area contributed by atoms with E-state index < -0.39 is 5.97 Å². The Hall–Kier alpha value is -2.31. The predicted octanol–water partition coefficient (Wildman–Crippen LogP) is 1.51. The Kier molecular flexibility index (Phi) is 4.30. The molecule has 0 atom stereocenters. The quantitative estimate of drug-likeness (QED) is 0.842. The van der Waals surface area contributed by atoms with Gasteiger partial charge in [0, 0.05) is 25.3 Å². The highest BCUT2D eigenvalue weighted by Crippen LogP contribution is 2.14. The highest BCUT2D eigenvalue weighted by molar-refractivity contribution is 5.76. The minimum atomic E-state index is -0.876. The second-order valence-electron chi connectivity index (χ2n) is 5.17. The van der Waals surface area contributed by atoms with Gasteiger partial charge < -0.3 is 15.0 Å². The van der Waals surface area contributed by atoms with Gasteiger partial charge in [0.25, 0.3) is 5.56 Å². The van der Waals surface area contributed by atoms with Gasteiger partial charge in [-0.2, -0.15) is 4.98 Å². The number of rotatable bonds is 6. The summed E-state index contributed by atoms with van der Waals surface area (Å²) in [7, 11) is 0. The fourth-order valence-electron chi connectivity index (χ4n) is 2.22. The minimum absolute atomic E-state index is 0.00470. The molecule has 0 fully saturated rings.